The van der Waals surface area contributed by atoms with Crippen LogP contribution in [0.5, 0.6) is 0 Å². The van der Waals surface area contributed by atoms with Crippen molar-refractivity contribution < 1.29 is 1.41 Å². The Morgan fingerprint density at radius 2 is 2.83 bits per heavy atom. The predicted octanol–water partition coefficient (Wildman–Crippen LogP) is 0.758. The monoisotopic (exact) mass is 87.1 g/mol. The molecule has 36 valence electrons. The molecule has 0 aromatic carbocycles. The number of rotatable bonds is 0. The van der Waals surface area contributed by atoms with Crippen molar-refractivity contribution >= 4 is 0 Å². The van der Waals surface area contributed by atoms with Crippen molar-refractivity contribution in [2.24, 2.45) is 0 Å². The third-order valence-corrected chi connectivity index (χ3v) is 1.22. The fraction of sp³-hybridized carbons (Fsp3) is 1.00. The largest absolute Gasteiger partial charge is 0.314 e. The van der Waals surface area contributed by atoms with Gasteiger partial charge in [0, 0.05) is 6.04 Å². The van der Waals surface area contributed by atoms with Crippen molar-refractivity contribution in [2.45, 2.75) is 25.8 Å². The molecule has 1 unspecified atom stereocenters. The molecular weight excluding hydrogens is 74.1 g/mol. The third kappa shape index (κ3) is 0.716. The molecule has 1 atom stereocenters. The molecule has 0 aromatic heterocycles. The molecule has 1 heterocycles. The first kappa shape index (κ1) is 3.03. The van der Waals surface area contributed by atoms with Gasteiger partial charge in [-0.2, -0.15) is 0 Å². The summed E-state index contributed by atoms with van der Waals surface area (Å²) in [6, 6.07) is 0.514. The Balaban J connectivity index is 2.33. The lowest BCUT2D eigenvalue weighted by Gasteiger charge is -1.95. The first-order valence-electron chi connectivity index (χ1n) is 3.01. The summed E-state index contributed by atoms with van der Waals surface area (Å²) in [5.74, 6) is 0. The highest BCUT2D eigenvalue weighted by Crippen LogP contribution is 2.01. The van der Waals surface area contributed by atoms with Crippen LogP contribution in [0.3, 0.4) is 0 Å². The molecule has 6 heavy (non-hydrogen) atoms. The topological polar surface area (TPSA) is 12.0 Å². The van der Waals surface area contributed by atoms with E-state index in [2.05, 4.69) is 6.92 Å². The highest BCUT2D eigenvalue weighted by molar-refractivity contribution is 4.67. The van der Waals surface area contributed by atoms with Crippen LogP contribution in [0.2, 0.25) is 1.41 Å². The van der Waals surface area contributed by atoms with Crippen LogP contribution in [-0.2, 0) is 0 Å². The van der Waals surface area contributed by atoms with Gasteiger partial charge in [0.1, 0.15) is 1.41 Å². The van der Waals surface area contributed by atoms with Gasteiger partial charge in [0.15, 0.2) is 0 Å². The SMILES string of the molecule is [3H]N1CCCC1C. The van der Waals surface area contributed by atoms with Crippen LogP contribution in [0, 0.1) is 0 Å². The molecule has 1 rings (SSSR count). The van der Waals surface area contributed by atoms with E-state index < -0.39 is 0 Å². The van der Waals surface area contributed by atoms with Crippen LogP contribution >= 0.6 is 0 Å². The van der Waals surface area contributed by atoms with E-state index in [4.69, 9.17) is 1.41 Å². The van der Waals surface area contributed by atoms with E-state index in [0.717, 1.165) is 6.54 Å². The summed E-state index contributed by atoms with van der Waals surface area (Å²) in [5, 5.41) is 1.65. The maximum absolute atomic E-state index is 7.17. The smallest absolute Gasteiger partial charge is 0.122 e. The second-order valence-electron chi connectivity index (χ2n) is 1.90. The lowest BCUT2D eigenvalue weighted by atomic mass is 10.3. The Morgan fingerprint density at radius 3 is 3.00 bits per heavy atom. The molecular formula is C5H11N. The van der Waals surface area contributed by atoms with E-state index in [1.165, 1.54) is 12.8 Å². The van der Waals surface area contributed by atoms with Crippen molar-refractivity contribution in [3.05, 3.63) is 0 Å². The Kier molecular flexibility index (Phi) is 0.810. The van der Waals surface area contributed by atoms with E-state index in [1.807, 2.05) is 0 Å². The first-order valence-corrected chi connectivity index (χ1v) is 2.56. The molecule has 1 nitrogen and oxygen atoms in total. The quantitative estimate of drug-likeness (QED) is 0.460. The minimum Gasteiger partial charge on any atom is -0.314 e. The van der Waals surface area contributed by atoms with Crippen molar-refractivity contribution in [3.63, 3.8) is 0 Å². The average molecular weight is 87.2 g/mol. The molecule has 0 saturated carbocycles. The lowest BCUT2D eigenvalue weighted by Crippen LogP contribution is -2.16. The summed E-state index contributed by atoms with van der Waals surface area (Å²) in [6.07, 6.45) is 2.42. The summed E-state index contributed by atoms with van der Waals surface area (Å²) in [7, 11) is 0. The fourth-order valence-corrected chi connectivity index (χ4v) is 0.790. The van der Waals surface area contributed by atoms with Crippen LogP contribution < -0.4 is 5.31 Å². The van der Waals surface area contributed by atoms with E-state index in [-0.39, 0.29) is 0 Å². The number of hydrogen-bond donors (Lipinski definition) is 1. The maximum Gasteiger partial charge on any atom is 0.122 e. The van der Waals surface area contributed by atoms with Crippen molar-refractivity contribution in [1.82, 2.24) is 5.31 Å². The van der Waals surface area contributed by atoms with Crippen LogP contribution in [0.4, 0.5) is 0 Å². The Hall–Kier alpha value is -0.0400. The third-order valence-electron chi connectivity index (χ3n) is 1.22. The summed E-state index contributed by atoms with van der Waals surface area (Å²) < 4.78 is 7.17. The predicted molar refractivity (Wildman–Crippen MR) is 26.7 cm³/mol. The van der Waals surface area contributed by atoms with Gasteiger partial charge in [-0.25, -0.2) is 0 Å². The number of hydrogen-bond acceptors (Lipinski definition) is 1. The fourth-order valence-electron chi connectivity index (χ4n) is 0.790. The number of nitrogens with one attached hydrogen (secondary N) is 1. The van der Waals surface area contributed by atoms with Crippen molar-refractivity contribution in [1.29, 1.82) is 0 Å². The van der Waals surface area contributed by atoms with Crippen molar-refractivity contribution in [3.8, 4) is 0 Å². The molecule has 0 aromatic rings. The highest BCUT2D eigenvalue weighted by atomic mass is 14.9. The molecule has 0 bridgehead atoms. The summed E-state index contributed by atoms with van der Waals surface area (Å²) in [6.45, 7) is 3.07. The van der Waals surface area contributed by atoms with Gasteiger partial charge in [-0.1, -0.05) is 0 Å². The van der Waals surface area contributed by atoms with Gasteiger partial charge in [-0.3, -0.25) is 0 Å². The van der Waals surface area contributed by atoms with Gasteiger partial charge < -0.3 is 5.31 Å². The van der Waals surface area contributed by atoms with Gasteiger partial charge in [-0.15, -0.1) is 0 Å². The molecule has 0 radical (unpaired) electrons. The summed E-state index contributed by atoms with van der Waals surface area (Å²) in [4.78, 5) is 0. The zero-order valence-corrected chi connectivity index (χ0v) is 4.15. The average Bonchev–Trinajstić information content (AvgIpc) is 1.91. The zero-order chi connectivity index (χ0) is 5.28. The molecule has 1 aliphatic rings. The van der Waals surface area contributed by atoms with Crippen LogP contribution in [0.1, 0.15) is 19.8 Å². The molecule has 0 amide bonds. The molecule has 1 fully saturated rings. The first-order chi connectivity index (χ1) is 3.30. The van der Waals surface area contributed by atoms with E-state index in [1.54, 1.807) is 5.31 Å². The lowest BCUT2D eigenvalue weighted by molar-refractivity contribution is 0.664. The molecule has 1 N–H and O–H groups in total. The standard InChI is InChI=1S/C5H11N/c1-5-3-2-4-6-5/h5-6H,2-4H2,1H3/i/hT. The normalized spacial score (nSPS) is 40.2. The molecule has 1 aliphatic heterocycles. The highest BCUT2D eigenvalue weighted by Gasteiger charge is 2.05. The Labute approximate surface area is 40.2 Å². The van der Waals surface area contributed by atoms with Gasteiger partial charge in [-0.05, 0) is 26.3 Å². The van der Waals surface area contributed by atoms with Gasteiger partial charge in [0.05, 0.1) is 0 Å². The summed E-state index contributed by atoms with van der Waals surface area (Å²) >= 11 is 0. The van der Waals surface area contributed by atoms with E-state index >= 15 is 0 Å². The Bertz CT molecular complexity index is 57.1. The molecule has 1 heteroatoms. The second-order valence-corrected chi connectivity index (χ2v) is 1.90. The zero-order valence-electron chi connectivity index (χ0n) is 5.15. The van der Waals surface area contributed by atoms with Crippen LogP contribution in [-0.4, -0.2) is 12.6 Å². The van der Waals surface area contributed by atoms with E-state index in [9.17, 15) is 0 Å². The minimum absolute atomic E-state index is 0.514. The molecule has 1 saturated heterocycles. The van der Waals surface area contributed by atoms with Crippen LogP contribution in [0.25, 0.3) is 0 Å². The van der Waals surface area contributed by atoms with Crippen molar-refractivity contribution in [2.75, 3.05) is 6.54 Å². The van der Waals surface area contributed by atoms with Gasteiger partial charge >= 0.3 is 0 Å². The Morgan fingerprint density at radius 1 is 2.00 bits per heavy atom. The van der Waals surface area contributed by atoms with Gasteiger partial charge in [0.25, 0.3) is 0 Å². The molecule has 0 aliphatic carbocycles. The second kappa shape index (κ2) is 1.61. The minimum atomic E-state index is 0.514. The van der Waals surface area contributed by atoms with Crippen LogP contribution in [0.15, 0.2) is 0 Å². The molecule has 0 spiro atoms. The van der Waals surface area contributed by atoms with E-state index in [0.29, 0.717) is 6.04 Å². The van der Waals surface area contributed by atoms with Gasteiger partial charge in [0.2, 0.25) is 0 Å². The maximum atomic E-state index is 7.17. The summed E-state index contributed by atoms with van der Waals surface area (Å²) in [5.41, 5.74) is 0.